The molecule has 0 aliphatic heterocycles. The molecule has 5 nitrogen and oxygen atoms in total. The van der Waals surface area contributed by atoms with Crippen molar-refractivity contribution in [2.45, 2.75) is 26.9 Å². The number of hydrogen-bond acceptors (Lipinski definition) is 4. The number of benzene rings is 2. The monoisotopic (exact) mass is 351 g/mol. The Kier molecular flexibility index (Phi) is 5.79. The molecule has 0 spiro atoms. The molecule has 0 aliphatic rings. The largest absolute Gasteiger partial charge is 0.494 e. The number of rotatable bonds is 8. The number of H-pyrrole nitrogens is 1. The molecule has 26 heavy (non-hydrogen) atoms. The molecule has 0 amide bonds. The van der Waals surface area contributed by atoms with Crippen LogP contribution < -0.4 is 15.2 Å². The van der Waals surface area contributed by atoms with E-state index in [2.05, 4.69) is 24.0 Å². The fourth-order valence-corrected chi connectivity index (χ4v) is 2.48. The third kappa shape index (κ3) is 5.02. The van der Waals surface area contributed by atoms with Crippen LogP contribution in [0.4, 0.5) is 5.69 Å². The van der Waals surface area contributed by atoms with Gasteiger partial charge in [-0.3, -0.25) is 5.10 Å². The van der Waals surface area contributed by atoms with E-state index in [0.717, 1.165) is 41.5 Å². The lowest BCUT2D eigenvalue weighted by Gasteiger charge is -2.08. The van der Waals surface area contributed by atoms with Crippen molar-refractivity contribution in [3.8, 4) is 22.8 Å². The van der Waals surface area contributed by atoms with Gasteiger partial charge in [0.15, 0.2) is 0 Å². The van der Waals surface area contributed by atoms with E-state index in [1.807, 2.05) is 48.5 Å². The Bertz CT molecular complexity index is 825. The smallest absolute Gasteiger partial charge is 0.130 e. The van der Waals surface area contributed by atoms with Crippen LogP contribution in [0.25, 0.3) is 11.3 Å². The van der Waals surface area contributed by atoms with Gasteiger partial charge in [-0.2, -0.15) is 5.10 Å². The number of nitrogens with one attached hydrogen (secondary N) is 1. The fraction of sp³-hybridized carbons (Fsp3) is 0.286. The summed E-state index contributed by atoms with van der Waals surface area (Å²) in [5, 5.41) is 7.37. The third-order valence-corrected chi connectivity index (χ3v) is 4.00. The van der Waals surface area contributed by atoms with E-state index in [1.165, 1.54) is 0 Å². The van der Waals surface area contributed by atoms with Crippen LogP contribution in [0.1, 0.15) is 26.0 Å². The summed E-state index contributed by atoms with van der Waals surface area (Å²) in [7, 11) is 0. The van der Waals surface area contributed by atoms with E-state index in [-0.39, 0.29) is 0 Å². The van der Waals surface area contributed by atoms with Crippen molar-refractivity contribution in [2.75, 3.05) is 12.3 Å². The number of aromatic nitrogens is 2. The Labute approximate surface area is 154 Å². The molecule has 1 aromatic heterocycles. The molecule has 0 radical (unpaired) electrons. The summed E-state index contributed by atoms with van der Waals surface area (Å²) in [5.41, 5.74) is 9.26. The van der Waals surface area contributed by atoms with E-state index in [4.69, 9.17) is 15.2 Å². The van der Waals surface area contributed by atoms with Crippen molar-refractivity contribution in [1.29, 1.82) is 0 Å². The first-order chi connectivity index (χ1) is 12.6. The van der Waals surface area contributed by atoms with Gasteiger partial charge in [0.05, 0.1) is 18.0 Å². The van der Waals surface area contributed by atoms with Crippen LogP contribution in [0.3, 0.4) is 0 Å². The van der Waals surface area contributed by atoms with E-state index in [0.29, 0.717) is 18.2 Å². The van der Waals surface area contributed by atoms with Gasteiger partial charge in [0.2, 0.25) is 0 Å². The molecule has 3 N–H and O–H groups in total. The number of aromatic amines is 1. The molecule has 0 saturated carbocycles. The third-order valence-electron chi connectivity index (χ3n) is 4.00. The molecule has 0 atom stereocenters. The average Bonchev–Trinajstić information content (AvgIpc) is 3.09. The highest BCUT2D eigenvalue weighted by Gasteiger charge is 2.06. The zero-order valence-electron chi connectivity index (χ0n) is 15.2. The molecular weight excluding hydrogens is 326 g/mol. The standard InChI is InChI=1S/C21H25N3O2/c1-15(2)10-11-25-19-8-6-16(7-9-19)21-13-18(23-24-21)14-26-20-5-3-4-17(22)12-20/h3-9,12-13,15H,10-11,14,22H2,1-2H3,(H,23,24). The van der Waals surface area contributed by atoms with Crippen molar-refractivity contribution in [2.24, 2.45) is 5.92 Å². The Morgan fingerprint density at radius 2 is 1.81 bits per heavy atom. The van der Waals surface area contributed by atoms with Gasteiger partial charge in [-0.05, 0) is 54.8 Å². The lowest BCUT2D eigenvalue weighted by molar-refractivity contribution is 0.289. The van der Waals surface area contributed by atoms with E-state index in [1.54, 1.807) is 6.07 Å². The predicted molar refractivity (Wildman–Crippen MR) is 104 cm³/mol. The van der Waals surface area contributed by atoms with Gasteiger partial charge in [-0.15, -0.1) is 0 Å². The van der Waals surface area contributed by atoms with Gasteiger partial charge in [0.25, 0.3) is 0 Å². The number of ether oxygens (including phenoxy) is 2. The second-order valence-corrected chi connectivity index (χ2v) is 6.69. The summed E-state index contributed by atoms with van der Waals surface area (Å²) in [4.78, 5) is 0. The van der Waals surface area contributed by atoms with Gasteiger partial charge >= 0.3 is 0 Å². The summed E-state index contributed by atoms with van der Waals surface area (Å²) >= 11 is 0. The maximum Gasteiger partial charge on any atom is 0.130 e. The molecule has 3 rings (SSSR count). The highest BCUT2D eigenvalue weighted by Crippen LogP contribution is 2.22. The van der Waals surface area contributed by atoms with Crippen molar-refractivity contribution in [1.82, 2.24) is 10.2 Å². The number of anilines is 1. The Balaban J connectivity index is 1.57. The van der Waals surface area contributed by atoms with Gasteiger partial charge in [-0.25, -0.2) is 0 Å². The maximum atomic E-state index is 5.75. The van der Waals surface area contributed by atoms with Crippen LogP contribution in [0.2, 0.25) is 0 Å². The summed E-state index contributed by atoms with van der Waals surface area (Å²) in [5.74, 6) is 2.27. The zero-order chi connectivity index (χ0) is 18.4. The lowest BCUT2D eigenvalue weighted by atomic mass is 10.1. The fourth-order valence-electron chi connectivity index (χ4n) is 2.48. The van der Waals surface area contributed by atoms with Crippen LogP contribution in [0.5, 0.6) is 11.5 Å². The minimum absolute atomic E-state index is 0.410. The first-order valence-corrected chi connectivity index (χ1v) is 8.86. The normalized spacial score (nSPS) is 10.9. The van der Waals surface area contributed by atoms with Crippen LogP contribution in [-0.4, -0.2) is 16.8 Å². The molecule has 0 aliphatic carbocycles. The van der Waals surface area contributed by atoms with Crippen LogP contribution in [0.15, 0.2) is 54.6 Å². The van der Waals surface area contributed by atoms with Crippen LogP contribution >= 0.6 is 0 Å². The highest BCUT2D eigenvalue weighted by atomic mass is 16.5. The Hall–Kier alpha value is -2.95. The van der Waals surface area contributed by atoms with E-state index in [9.17, 15) is 0 Å². The van der Waals surface area contributed by atoms with Crippen molar-refractivity contribution < 1.29 is 9.47 Å². The number of nitrogens with zero attached hydrogens (tertiary/aromatic N) is 1. The van der Waals surface area contributed by atoms with Crippen molar-refractivity contribution in [3.05, 3.63) is 60.3 Å². The first-order valence-electron chi connectivity index (χ1n) is 8.86. The minimum atomic E-state index is 0.410. The van der Waals surface area contributed by atoms with Gasteiger partial charge < -0.3 is 15.2 Å². The van der Waals surface area contributed by atoms with E-state index < -0.39 is 0 Å². The lowest BCUT2D eigenvalue weighted by Crippen LogP contribution is -2.01. The summed E-state index contributed by atoms with van der Waals surface area (Å²) < 4.78 is 11.5. The molecule has 0 saturated heterocycles. The molecule has 1 heterocycles. The SMILES string of the molecule is CC(C)CCOc1ccc(-c2cc(COc3cccc(N)c3)[nH]n2)cc1. The first kappa shape index (κ1) is 17.9. The van der Waals surface area contributed by atoms with Gasteiger partial charge in [0.1, 0.15) is 18.1 Å². The molecule has 5 heteroatoms. The Morgan fingerprint density at radius 1 is 1.00 bits per heavy atom. The number of hydrogen-bond donors (Lipinski definition) is 2. The average molecular weight is 351 g/mol. The molecule has 0 fully saturated rings. The van der Waals surface area contributed by atoms with Gasteiger partial charge in [-0.1, -0.05) is 19.9 Å². The van der Waals surface area contributed by atoms with Crippen LogP contribution in [-0.2, 0) is 6.61 Å². The summed E-state index contributed by atoms with van der Waals surface area (Å²) in [6.45, 7) is 5.54. The summed E-state index contributed by atoms with van der Waals surface area (Å²) in [6.07, 6.45) is 1.05. The topological polar surface area (TPSA) is 73.2 Å². The molecule has 0 unspecified atom stereocenters. The number of nitrogen functional groups attached to an aromatic ring is 1. The molecule has 3 aromatic rings. The molecule has 2 aromatic carbocycles. The zero-order valence-corrected chi connectivity index (χ0v) is 15.2. The van der Waals surface area contributed by atoms with Crippen molar-refractivity contribution in [3.63, 3.8) is 0 Å². The van der Waals surface area contributed by atoms with Crippen LogP contribution in [0, 0.1) is 5.92 Å². The number of nitrogens with two attached hydrogens (primary N) is 1. The second-order valence-electron chi connectivity index (χ2n) is 6.69. The molecule has 0 bridgehead atoms. The van der Waals surface area contributed by atoms with Crippen molar-refractivity contribution >= 4 is 5.69 Å². The van der Waals surface area contributed by atoms with Gasteiger partial charge in [0, 0.05) is 17.3 Å². The molecule has 136 valence electrons. The van der Waals surface area contributed by atoms with E-state index >= 15 is 0 Å². The maximum absolute atomic E-state index is 5.75. The minimum Gasteiger partial charge on any atom is -0.494 e. The Morgan fingerprint density at radius 3 is 2.54 bits per heavy atom. The summed E-state index contributed by atoms with van der Waals surface area (Å²) in [6, 6.07) is 17.4. The highest BCUT2D eigenvalue weighted by molar-refractivity contribution is 5.60. The quantitative estimate of drug-likeness (QED) is 0.579. The molecular formula is C21H25N3O2. The predicted octanol–water partition coefficient (Wildman–Crippen LogP) is 4.66. The second kappa shape index (κ2) is 8.43.